The van der Waals surface area contributed by atoms with Gasteiger partial charge in [0.05, 0.1) is 23.1 Å². The van der Waals surface area contributed by atoms with Gasteiger partial charge in [-0.25, -0.2) is 0 Å². The van der Waals surface area contributed by atoms with E-state index in [9.17, 15) is 9.59 Å². The van der Waals surface area contributed by atoms with E-state index in [0.717, 1.165) is 29.5 Å². The number of aryl methyl sites for hydroxylation is 2. The van der Waals surface area contributed by atoms with Crippen LogP contribution in [0.3, 0.4) is 0 Å². The Labute approximate surface area is 188 Å². The number of rotatable bonds is 4. The van der Waals surface area contributed by atoms with Gasteiger partial charge in [0, 0.05) is 13.2 Å². The molecule has 2 atom stereocenters. The lowest BCUT2D eigenvalue weighted by Crippen LogP contribution is -2.36. The van der Waals surface area contributed by atoms with E-state index >= 15 is 0 Å². The van der Waals surface area contributed by atoms with Gasteiger partial charge in [-0.1, -0.05) is 38.1 Å². The first-order valence-electron chi connectivity index (χ1n) is 11.5. The lowest BCUT2D eigenvalue weighted by Gasteiger charge is -2.27. The summed E-state index contributed by atoms with van der Waals surface area (Å²) in [6.45, 7) is 9.43. The fourth-order valence-electron chi connectivity index (χ4n) is 4.88. The van der Waals surface area contributed by atoms with Crippen molar-refractivity contribution in [2.75, 3.05) is 13.2 Å². The smallest absolute Gasteiger partial charge is 0.291 e. The van der Waals surface area contributed by atoms with E-state index in [2.05, 4.69) is 26.0 Å². The lowest BCUT2D eigenvalue weighted by atomic mass is 9.94. The number of fused-ring (bicyclic) bond motifs is 2. The summed E-state index contributed by atoms with van der Waals surface area (Å²) in [4.78, 5) is 29.0. The van der Waals surface area contributed by atoms with Crippen LogP contribution in [-0.4, -0.2) is 30.1 Å². The van der Waals surface area contributed by atoms with Crippen molar-refractivity contribution in [2.45, 2.75) is 58.6 Å². The molecule has 5 rings (SSSR count). The van der Waals surface area contributed by atoms with Crippen molar-refractivity contribution in [3.05, 3.63) is 80.2 Å². The predicted octanol–water partition coefficient (Wildman–Crippen LogP) is 5.26. The topological polar surface area (TPSA) is 59.8 Å². The third-order valence-electron chi connectivity index (χ3n) is 6.93. The van der Waals surface area contributed by atoms with Gasteiger partial charge in [-0.2, -0.15) is 0 Å². The zero-order chi connectivity index (χ0) is 22.6. The van der Waals surface area contributed by atoms with Crippen LogP contribution in [0.2, 0.25) is 0 Å². The number of nitrogens with zero attached hydrogens (tertiary/aromatic N) is 1. The second-order valence-corrected chi connectivity index (χ2v) is 9.42. The third-order valence-corrected chi connectivity index (χ3v) is 6.93. The SMILES string of the molecule is Cc1cc2oc3c(c(=O)c2cc1C)C(c1ccc(C(C)C)cc1)N(CC1CCCO1)C3=O. The van der Waals surface area contributed by atoms with Crippen LogP contribution in [0.15, 0.2) is 45.6 Å². The molecule has 2 unspecified atom stereocenters. The molecule has 0 N–H and O–H groups in total. The van der Waals surface area contributed by atoms with Crippen molar-refractivity contribution in [1.82, 2.24) is 4.90 Å². The molecule has 1 aromatic heterocycles. The molecule has 0 saturated carbocycles. The average molecular weight is 432 g/mol. The van der Waals surface area contributed by atoms with Crippen LogP contribution >= 0.6 is 0 Å². The standard InChI is InChI=1S/C27H29NO4/c1-15(2)18-7-9-19(10-8-18)24-23-25(29)21-12-16(3)17(4)13-22(21)32-26(23)27(30)28(24)14-20-6-5-11-31-20/h7-10,12-13,15,20,24H,5-6,11,14H2,1-4H3. The maximum atomic E-state index is 13.7. The molecular formula is C27H29NO4. The molecule has 3 heterocycles. The predicted molar refractivity (Wildman–Crippen MR) is 124 cm³/mol. The number of hydrogen-bond acceptors (Lipinski definition) is 4. The molecule has 0 bridgehead atoms. The molecule has 0 spiro atoms. The fourth-order valence-corrected chi connectivity index (χ4v) is 4.88. The van der Waals surface area contributed by atoms with Gasteiger partial charge in [0.15, 0.2) is 5.43 Å². The molecule has 0 radical (unpaired) electrons. The van der Waals surface area contributed by atoms with Crippen molar-refractivity contribution in [1.29, 1.82) is 0 Å². The molecule has 5 heteroatoms. The van der Waals surface area contributed by atoms with Crippen molar-refractivity contribution in [3.8, 4) is 0 Å². The minimum absolute atomic E-state index is 0.0142. The summed E-state index contributed by atoms with van der Waals surface area (Å²) in [6, 6.07) is 11.5. The molecule has 5 nitrogen and oxygen atoms in total. The van der Waals surface area contributed by atoms with E-state index in [1.54, 1.807) is 4.90 Å². The lowest BCUT2D eigenvalue weighted by molar-refractivity contribution is 0.0486. The van der Waals surface area contributed by atoms with Crippen LogP contribution in [0.25, 0.3) is 11.0 Å². The van der Waals surface area contributed by atoms with Gasteiger partial charge >= 0.3 is 0 Å². The molecule has 166 valence electrons. The zero-order valence-corrected chi connectivity index (χ0v) is 19.1. The van der Waals surface area contributed by atoms with Crippen LogP contribution in [-0.2, 0) is 4.74 Å². The quantitative estimate of drug-likeness (QED) is 0.566. The first-order valence-corrected chi connectivity index (χ1v) is 11.5. The van der Waals surface area contributed by atoms with Gasteiger partial charge in [0.25, 0.3) is 5.91 Å². The average Bonchev–Trinajstić information content (AvgIpc) is 3.38. The summed E-state index contributed by atoms with van der Waals surface area (Å²) in [6.07, 6.45) is 1.90. The molecule has 1 fully saturated rings. The van der Waals surface area contributed by atoms with Gasteiger partial charge < -0.3 is 14.1 Å². The summed E-state index contributed by atoms with van der Waals surface area (Å²) < 4.78 is 11.9. The highest BCUT2D eigenvalue weighted by Gasteiger charge is 2.43. The maximum absolute atomic E-state index is 13.7. The number of carbonyl (C=O) groups excluding carboxylic acids is 1. The monoisotopic (exact) mass is 431 g/mol. The van der Waals surface area contributed by atoms with Crippen molar-refractivity contribution in [2.24, 2.45) is 0 Å². The Balaban J connectivity index is 1.69. The van der Waals surface area contributed by atoms with Crippen molar-refractivity contribution in [3.63, 3.8) is 0 Å². The van der Waals surface area contributed by atoms with Gasteiger partial charge in [-0.3, -0.25) is 9.59 Å². The number of benzene rings is 2. The van der Waals surface area contributed by atoms with Crippen LogP contribution in [0.5, 0.6) is 0 Å². The number of hydrogen-bond donors (Lipinski definition) is 0. The summed E-state index contributed by atoms with van der Waals surface area (Å²) >= 11 is 0. The molecule has 32 heavy (non-hydrogen) atoms. The van der Waals surface area contributed by atoms with Crippen LogP contribution in [0.4, 0.5) is 0 Å². The van der Waals surface area contributed by atoms with E-state index in [1.807, 2.05) is 38.1 Å². The van der Waals surface area contributed by atoms with Crippen molar-refractivity contribution >= 4 is 16.9 Å². The largest absolute Gasteiger partial charge is 0.450 e. The summed E-state index contributed by atoms with van der Waals surface area (Å²) in [5, 5.41) is 0.530. The Hall–Kier alpha value is -2.92. The number of ether oxygens (including phenoxy) is 1. The molecule has 2 aromatic carbocycles. The van der Waals surface area contributed by atoms with E-state index in [4.69, 9.17) is 9.15 Å². The van der Waals surface area contributed by atoms with Crippen LogP contribution < -0.4 is 5.43 Å². The molecular weight excluding hydrogens is 402 g/mol. The minimum atomic E-state index is -0.467. The summed E-state index contributed by atoms with van der Waals surface area (Å²) in [7, 11) is 0. The highest BCUT2D eigenvalue weighted by molar-refractivity contribution is 5.99. The Morgan fingerprint density at radius 3 is 2.44 bits per heavy atom. The van der Waals surface area contributed by atoms with Crippen LogP contribution in [0.1, 0.15) is 77.0 Å². The molecule has 2 aliphatic heterocycles. The second-order valence-electron chi connectivity index (χ2n) is 9.42. The molecule has 3 aromatic rings. The Bertz CT molecular complexity index is 1250. The number of carbonyl (C=O) groups is 1. The zero-order valence-electron chi connectivity index (χ0n) is 19.1. The van der Waals surface area contributed by atoms with E-state index < -0.39 is 6.04 Å². The van der Waals surface area contributed by atoms with Crippen LogP contribution in [0, 0.1) is 13.8 Å². The molecule has 1 amide bonds. The van der Waals surface area contributed by atoms with E-state index in [1.165, 1.54) is 5.56 Å². The third kappa shape index (κ3) is 3.36. The molecule has 1 saturated heterocycles. The first-order chi connectivity index (χ1) is 15.3. The molecule has 0 aliphatic carbocycles. The van der Waals surface area contributed by atoms with Crippen molar-refractivity contribution < 1.29 is 13.9 Å². The maximum Gasteiger partial charge on any atom is 0.291 e. The normalized spacial score (nSPS) is 20.5. The summed E-state index contributed by atoms with van der Waals surface area (Å²) in [5.41, 5.74) is 5.01. The highest BCUT2D eigenvalue weighted by Crippen LogP contribution is 2.39. The van der Waals surface area contributed by atoms with E-state index in [0.29, 0.717) is 35.6 Å². The van der Waals surface area contributed by atoms with Gasteiger partial charge in [-0.15, -0.1) is 0 Å². The van der Waals surface area contributed by atoms with Gasteiger partial charge in [-0.05, 0) is 67.0 Å². The first kappa shape index (κ1) is 21.0. The Morgan fingerprint density at radius 2 is 1.78 bits per heavy atom. The fraction of sp³-hybridized carbons (Fsp3) is 0.407. The molecule has 2 aliphatic rings. The van der Waals surface area contributed by atoms with E-state index in [-0.39, 0.29) is 23.2 Å². The Kier molecular flexibility index (Phi) is 5.17. The number of amides is 1. The minimum Gasteiger partial charge on any atom is -0.450 e. The Morgan fingerprint density at radius 1 is 1.06 bits per heavy atom. The van der Waals surface area contributed by atoms with Gasteiger partial charge in [0.2, 0.25) is 5.76 Å². The summed E-state index contributed by atoms with van der Waals surface area (Å²) in [5.74, 6) is 0.345. The second kappa shape index (κ2) is 7.89. The highest BCUT2D eigenvalue weighted by atomic mass is 16.5. The van der Waals surface area contributed by atoms with Gasteiger partial charge in [0.1, 0.15) is 5.58 Å².